The van der Waals surface area contributed by atoms with Crippen LogP contribution in [0.25, 0.3) is 0 Å². The molecule has 4 rings (SSSR count). The number of benzene rings is 1. The lowest BCUT2D eigenvalue weighted by molar-refractivity contribution is -0.125. The predicted octanol–water partition coefficient (Wildman–Crippen LogP) is 3.60. The van der Waals surface area contributed by atoms with Crippen molar-refractivity contribution in [1.82, 2.24) is 15.1 Å². The van der Waals surface area contributed by atoms with Crippen LogP contribution >= 0.6 is 0 Å². The molecule has 4 atom stereocenters. The molecule has 0 spiro atoms. The molecule has 2 aliphatic carbocycles. The van der Waals surface area contributed by atoms with Crippen LogP contribution in [-0.4, -0.2) is 28.8 Å². The average Bonchev–Trinajstić information content (AvgIpc) is 2.97. The summed E-state index contributed by atoms with van der Waals surface area (Å²) in [6, 6.07) is 10.6. The molecule has 1 heterocycles. The van der Waals surface area contributed by atoms with Crippen LogP contribution in [-0.2, 0) is 11.3 Å². The number of nitrogens with zero attached hydrogens (tertiary/aromatic N) is 2. The van der Waals surface area contributed by atoms with E-state index in [1.165, 1.54) is 31.2 Å². The Morgan fingerprint density at radius 1 is 1.19 bits per heavy atom. The van der Waals surface area contributed by atoms with E-state index in [4.69, 9.17) is 4.74 Å². The predicted molar refractivity (Wildman–Crippen MR) is 105 cm³/mol. The summed E-state index contributed by atoms with van der Waals surface area (Å²) < 4.78 is 7.09. The normalized spacial score (nSPS) is 26.8. The lowest BCUT2D eigenvalue weighted by Crippen LogP contribution is -2.59. The lowest BCUT2D eigenvalue weighted by Gasteiger charge is -2.55. The average molecular weight is 367 g/mol. The summed E-state index contributed by atoms with van der Waals surface area (Å²) in [4.78, 5) is 12.7. The molecule has 2 aromatic rings. The Morgan fingerprint density at radius 2 is 1.89 bits per heavy atom. The number of methoxy groups -OCH3 is 1. The molecule has 27 heavy (non-hydrogen) atoms. The molecule has 5 heteroatoms. The molecule has 0 unspecified atom stereocenters. The van der Waals surface area contributed by atoms with Crippen molar-refractivity contribution in [3.05, 3.63) is 47.3 Å². The first-order valence-corrected chi connectivity index (χ1v) is 10.0. The minimum Gasteiger partial charge on any atom is -0.497 e. The number of carbonyl (C=O) groups is 1. The summed E-state index contributed by atoms with van der Waals surface area (Å²) in [6.45, 7) is 4.25. The third kappa shape index (κ3) is 3.47. The Kier molecular flexibility index (Phi) is 4.94. The molecule has 2 aliphatic rings. The van der Waals surface area contributed by atoms with Crippen LogP contribution < -0.4 is 10.1 Å². The van der Waals surface area contributed by atoms with E-state index in [1.54, 1.807) is 11.8 Å². The van der Waals surface area contributed by atoms with Crippen molar-refractivity contribution in [1.29, 1.82) is 0 Å². The van der Waals surface area contributed by atoms with E-state index in [9.17, 15) is 4.79 Å². The van der Waals surface area contributed by atoms with Crippen molar-refractivity contribution in [2.24, 2.45) is 11.8 Å². The van der Waals surface area contributed by atoms with Gasteiger partial charge in [0, 0.05) is 17.7 Å². The number of hydrogen-bond acceptors (Lipinski definition) is 3. The second kappa shape index (κ2) is 7.37. The maximum atomic E-state index is 12.7. The quantitative estimate of drug-likeness (QED) is 0.878. The Bertz CT molecular complexity index is 811. The molecule has 0 radical (unpaired) electrons. The highest BCUT2D eigenvalue weighted by atomic mass is 16.5. The second-order valence-electron chi connectivity index (χ2n) is 8.09. The fourth-order valence-electron chi connectivity index (χ4n) is 5.15. The summed E-state index contributed by atoms with van der Waals surface area (Å²) in [6.07, 6.45) is 5.08. The van der Waals surface area contributed by atoms with E-state index in [0.29, 0.717) is 24.3 Å². The van der Waals surface area contributed by atoms with Crippen molar-refractivity contribution in [2.45, 2.75) is 58.0 Å². The summed E-state index contributed by atoms with van der Waals surface area (Å²) in [7, 11) is 1.69. The van der Waals surface area contributed by atoms with Crippen LogP contribution in [0.1, 0.15) is 48.6 Å². The maximum absolute atomic E-state index is 12.7. The summed E-state index contributed by atoms with van der Waals surface area (Å²) in [5, 5.41) is 7.77. The minimum atomic E-state index is 0.0636. The zero-order chi connectivity index (χ0) is 19.0. The third-order valence-electron chi connectivity index (χ3n) is 6.41. The van der Waals surface area contributed by atoms with E-state index >= 15 is 0 Å². The van der Waals surface area contributed by atoms with E-state index in [0.717, 1.165) is 17.1 Å². The number of aromatic nitrogens is 2. The molecule has 0 bridgehead atoms. The molecule has 1 amide bonds. The molecule has 2 saturated carbocycles. The smallest absolute Gasteiger partial charge is 0.241 e. The van der Waals surface area contributed by atoms with Crippen LogP contribution in [0.4, 0.5) is 0 Å². The van der Waals surface area contributed by atoms with Crippen molar-refractivity contribution >= 4 is 5.91 Å². The molecular formula is C22H29N3O2. The second-order valence-corrected chi connectivity index (χ2v) is 8.09. The fraction of sp³-hybridized carbons (Fsp3) is 0.545. The third-order valence-corrected chi connectivity index (χ3v) is 6.41. The Labute approximate surface area is 161 Å². The van der Waals surface area contributed by atoms with Gasteiger partial charge in [-0.15, -0.1) is 0 Å². The lowest BCUT2D eigenvalue weighted by atomic mass is 9.53. The molecule has 5 nitrogen and oxygen atoms in total. The largest absolute Gasteiger partial charge is 0.497 e. The number of carbonyl (C=O) groups excluding carboxylic acids is 1. The molecule has 1 aromatic heterocycles. The first-order valence-electron chi connectivity index (χ1n) is 10.0. The highest BCUT2D eigenvalue weighted by Gasteiger charge is 2.51. The van der Waals surface area contributed by atoms with E-state index < -0.39 is 0 Å². The zero-order valence-electron chi connectivity index (χ0n) is 16.4. The van der Waals surface area contributed by atoms with Gasteiger partial charge in [-0.2, -0.15) is 5.10 Å². The van der Waals surface area contributed by atoms with Crippen molar-refractivity contribution in [3.63, 3.8) is 0 Å². The van der Waals surface area contributed by atoms with Gasteiger partial charge in [-0.1, -0.05) is 25.0 Å². The molecule has 1 N–H and O–H groups in total. The summed E-state index contributed by atoms with van der Waals surface area (Å²) >= 11 is 0. The summed E-state index contributed by atoms with van der Waals surface area (Å²) in [5.74, 6) is 2.64. The summed E-state index contributed by atoms with van der Waals surface area (Å²) in [5.41, 5.74) is 3.29. The van der Waals surface area contributed by atoms with Crippen LogP contribution in [0, 0.1) is 25.7 Å². The topological polar surface area (TPSA) is 56.1 Å². The molecule has 0 saturated heterocycles. The number of hydrogen-bond donors (Lipinski definition) is 1. The molecule has 2 fully saturated rings. The molecular weight excluding hydrogens is 338 g/mol. The van der Waals surface area contributed by atoms with Gasteiger partial charge in [0.2, 0.25) is 5.91 Å². The van der Waals surface area contributed by atoms with Gasteiger partial charge in [-0.05, 0) is 62.3 Å². The number of amides is 1. The van der Waals surface area contributed by atoms with Gasteiger partial charge in [-0.25, -0.2) is 0 Å². The molecule has 144 valence electrons. The maximum Gasteiger partial charge on any atom is 0.241 e. The van der Waals surface area contributed by atoms with E-state index in [1.807, 2.05) is 32.0 Å². The van der Waals surface area contributed by atoms with Gasteiger partial charge in [0.05, 0.1) is 12.8 Å². The van der Waals surface area contributed by atoms with Crippen LogP contribution in [0.15, 0.2) is 30.3 Å². The van der Waals surface area contributed by atoms with Crippen molar-refractivity contribution in [3.8, 4) is 5.75 Å². The number of ether oxygens (including phenoxy) is 1. The van der Waals surface area contributed by atoms with Crippen molar-refractivity contribution in [2.75, 3.05) is 7.11 Å². The van der Waals surface area contributed by atoms with Crippen LogP contribution in [0.5, 0.6) is 5.75 Å². The Hall–Kier alpha value is -2.30. The standard InChI is InChI=1S/C22H29N3O2/c1-14-12-15(2)25(24-14)13-20(26)23-22-19-7-5-4-6-18(19)21(22)16-8-10-17(27-3)11-9-16/h8-12,18-19,21-22H,4-7,13H2,1-3H3,(H,23,26)/t18-,19+,21-,22-/m0/s1. The van der Waals surface area contributed by atoms with Gasteiger partial charge < -0.3 is 10.1 Å². The SMILES string of the molecule is COc1ccc([C@H]2[C@H]3CCCC[C@H]3[C@@H]2NC(=O)Cn2nc(C)cc2C)cc1. The number of fused-ring (bicyclic) bond motifs is 1. The van der Waals surface area contributed by atoms with Crippen molar-refractivity contribution < 1.29 is 9.53 Å². The van der Waals surface area contributed by atoms with E-state index in [-0.39, 0.29) is 11.9 Å². The first-order chi connectivity index (χ1) is 13.1. The highest BCUT2D eigenvalue weighted by molar-refractivity contribution is 5.76. The van der Waals surface area contributed by atoms with Gasteiger partial charge in [0.25, 0.3) is 0 Å². The molecule has 1 aromatic carbocycles. The van der Waals surface area contributed by atoms with Crippen LogP contribution in [0.3, 0.4) is 0 Å². The zero-order valence-corrected chi connectivity index (χ0v) is 16.4. The van der Waals surface area contributed by atoms with E-state index in [2.05, 4.69) is 22.5 Å². The molecule has 0 aliphatic heterocycles. The minimum absolute atomic E-state index is 0.0636. The number of rotatable bonds is 5. The van der Waals surface area contributed by atoms with Gasteiger partial charge in [0.1, 0.15) is 12.3 Å². The van der Waals surface area contributed by atoms with Crippen LogP contribution in [0.2, 0.25) is 0 Å². The highest BCUT2D eigenvalue weighted by Crippen LogP contribution is 2.54. The van der Waals surface area contributed by atoms with Gasteiger partial charge in [-0.3, -0.25) is 9.48 Å². The van der Waals surface area contributed by atoms with Gasteiger partial charge >= 0.3 is 0 Å². The fourth-order valence-corrected chi connectivity index (χ4v) is 5.15. The first kappa shape index (κ1) is 18.1. The number of nitrogens with one attached hydrogen (secondary N) is 1. The Morgan fingerprint density at radius 3 is 2.52 bits per heavy atom. The Balaban J connectivity index is 1.49. The monoisotopic (exact) mass is 367 g/mol. The van der Waals surface area contributed by atoms with Gasteiger partial charge in [0.15, 0.2) is 0 Å². The number of aryl methyl sites for hydroxylation is 2.